The topological polar surface area (TPSA) is 6.25 Å². The summed E-state index contributed by atoms with van der Waals surface area (Å²) in [6, 6.07) is 0. The first-order valence-corrected chi connectivity index (χ1v) is 9.62. The van der Waals surface area contributed by atoms with Gasteiger partial charge >= 0.3 is 5.29 Å². The molecule has 1 rings (SSSR count). The number of likely N-dealkylation sites (N-methyl/N-ethyl adjacent to an activating group) is 1. The molecule has 1 aliphatic rings. The molecule has 0 aromatic rings. The summed E-state index contributed by atoms with van der Waals surface area (Å²) >= 11 is 6.24. The highest BCUT2D eigenvalue weighted by Gasteiger charge is 2.25. The monoisotopic (exact) mass is 350 g/mol. The maximum Gasteiger partial charge on any atom is 0.345 e. The Morgan fingerprint density at radius 1 is 0.864 bits per heavy atom. The minimum absolute atomic E-state index is 0. The molecule has 4 heteroatoms. The van der Waals surface area contributed by atoms with Crippen LogP contribution >= 0.6 is 11.6 Å². The third-order valence-corrected chi connectivity index (χ3v) is 5.09. The molecule has 0 aromatic carbocycles. The first kappa shape index (κ1) is 22.1. The summed E-state index contributed by atoms with van der Waals surface area (Å²) in [6.07, 6.45) is 17.0. The largest absolute Gasteiger partial charge is 1.00 e. The van der Waals surface area contributed by atoms with Crippen molar-refractivity contribution in [2.75, 3.05) is 26.7 Å². The van der Waals surface area contributed by atoms with Gasteiger partial charge in [0.15, 0.2) is 0 Å². The molecule has 1 heterocycles. The molecule has 0 fully saturated rings. The van der Waals surface area contributed by atoms with E-state index in [0.717, 1.165) is 24.9 Å². The molecule has 0 radical (unpaired) electrons. The number of hydrogen-bond donors (Lipinski definition) is 0. The molecule has 0 saturated heterocycles. The molecular formula is C18H36Cl2N2. The Balaban J connectivity index is 0.00000441. The molecule has 0 atom stereocenters. The minimum Gasteiger partial charge on any atom is -1.00 e. The quantitative estimate of drug-likeness (QED) is 0.280. The molecule has 1 aliphatic heterocycles. The second-order valence-electron chi connectivity index (χ2n) is 6.57. The number of nitrogens with zero attached hydrogens (tertiary/aromatic N) is 2. The fourth-order valence-corrected chi connectivity index (χ4v) is 3.30. The van der Waals surface area contributed by atoms with E-state index in [2.05, 4.69) is 23.4 Å². The lowest BCUT2D eigenvalue weighted by Crippen LogP contribution is -3.00. The van der Waals surface area contributed by atoms with E-state index < -0.39 is 0 Å². The SMILES string of the molecule is CCCCCCCCCCCCCCN1CC[N+](C)=C1Cl.[Cl-]. The molecular weight excluding hydrogens is 315 g/mol. The number of halogens is 2. The fraction of sp³-hybridized carbons (Fsp3) is 0.944. The third-order valence-electron chi connectivity index (χ3n) is 4.56. The van der Waals surface area contributed by atoms with E-state index in [1.165, 1.54) is 77.0 Å². The van der Waals surface area contributed by atoms with Crippen LogP contribution in [0.1, 0.15) is 84.0 Å². The van der Waals surface area contributed by atoms with Gasteiger partial charge in [0.2, 0.25) is 0 Å². The lowest BCUT2D eigenvalue weighted by Gasteiger charge is -2.08. The van der Waals surface area contributed by atoms with Crippen molar-refractivity contribution in [2.45, 2.75) is 84.0 Å². The van der Waals surface area contributed by atoms with Crippen LogP contribution in [0.2, 0.25) is 0 Å². The van der Waals surface area contributed by atoms with Gasteiger partial charge in [0.25, 0.3) is 0 Å². The Morgan fingerprint density at radius 2 is 1.32 bits per heavy atom. The van der Waals surface area contributed by atoms with Crippen molar-refractivity contribution < 1.29 is 17.0 Å². The van der Waals surface area contributed by atoms with Crippen molar-refractivity contribution in [3.05, 3.63) is 0 Å². The summed E-state index contributed by atoms with van der Waals surface area (Å²) in [5.74, 6) is 0. The predicted molar refractivity (Wildman–Crippen MR) is 94.6 cm³/mol. The van der Waals surface area contributed by atoms with E-state index >= 15 is 0 Å². The zero-order valence-electron chi connectivity index (χ0n) is 14.8. The molecule has 0 spiro atoms. The number of rotatable bonds is 13. The Hall–Kier alpha value is 0.0500. The van der Waals surface area contributed by atoms with Gasteiger partial charge in [-0.2, -0.15) is 0 Å². The van der Waals surface area contributed by atoms with Gasteiger partial charge < -0.3 is 12.4 Å². The zero-order chi connectivity index (χ0) is 15.3. The van der Waals surface area contributed by atoms with Crippen molar-refractivity contribution in [2.24, 2.45) is 0 Å². The Bertz CT molecular complexity index is 293. The third kappa shape index (κ3) is 9.94. The Kier molecular flexibility index (Phi) is 14.7. The number of hydrogen-bond acceptors (Lipinski definition) is 1. The second kappa shape index (κ2) is 14.6. The Labute approximate surface area is 149 Å². The fourth-order valence-electron chi connectivity index (χ4n) is 3.04. The number of unbranched alkanes of at least 4 members (excludes halogenated alkanes) is 11. The molecule has 22 heavy (non-hydrogen) atoms. The summed E-state index contributed by atoms with van der Waals surface area (Å²) in [6.45, 7) is 5.61. The van der Waals surface area contributed by atoms with E-state index in [9.17, 15) is 0 Å². The van der Waals surface area contributed by atoms with Gasteiger partial charge in [-0.3, -0.25) is 4.58 Å². The molecule has 0 N–H and O–H groups in total. The van der Waals surface area contributed by atoms with Crippen LogP contribution in [0.15, 0.2) is 0 Å². The van der Waals surface area contributed by atoms with E-state index in [-0.39, 0.29) is 12.4 Å². The lowest BCUT2D eigenvalue weighted by molar-refractivity contribution is -0.484. The van der Waals surface area contributed by atoms with Gasteiger partial charge in [-0.1, -0.05) is 71.1 Å². The summed E-state index contributed by atoms with van der Waals surface area (Å²) in [4.78, 5) is 2.32. The highest BCUT2D eigenvalue weighted by Crippen LogP contribution is 2.13. The normalized spacial score (nSPS) is 14.6. The molecule has 0 saturated carbocycles. The van der Waals surface area contributed by atoms with E-state index in [0.29, 0.717) is 0 Å². The Morgan fingerprint density at radius 3 is 1.73 bits per heavy atom. The van der Waals surface area contributed by atoms with Crippen molar-refractivity contribution in [3.8, 4) is 0 Å². The zero-order valence-corrected chi connectivity index (χ0v) is 16.3. The van der Waals surface area contributed by atoms with Crippen LogP contribution < -0.4 is 12.4 Å². The second-order valence-corrected chi connectivity index (χ2v) is 6.90. The van der Waals surface area contributed by atoms with Gasteiger partial charge in [-0.25, -0.2) is 4.90 Å². The lowest BCUT2D eigenvalue weighted by atomic mass is 10.1. The molecule has 0 aliphatic carbocycles. The van der Waals surface area contributed by atoms with Gasteiger partial charge in [-0.15, -0.1) is 0 Å². The van der Waals surface area contributed by atoms with Gasteiger partial charge in [0, 0.05) is 11.6 Å². The highest BCUT2D eigenvalue weighted by molar-refractivity contribution is 6.63. The van der Waals surface area contributed by atoms with Crippen LogP contribution in [0.25, 0.3) is 0 Å². The van der Waals surface area contributed by atoms with E-state index in [1.54, 1.807) is 0 Å². The summed E-state index contributed by atoms with van der Waals surface area (Å²) < 4.78 is 2.14. The maximum atomic E-state index is 6.24. The smallest absolute Gasteiger partial charge is 0.345 e. The van der Waals surface area contributed by atoms with Crippen LogP contribution in [0.5, 0.6) is 0 Å². The van der Waals surface area contributed by atoms with Crippen molar-refractivity contribution in [1.29, 1.82) is 0 Å². The van der Waals surface area contributed by atoms with Crippen LogP contribution in [0.3, 0.4) is 0 Å². The van der Waals surface area contributed by atoms with Crippen molar-refractivity contribution in [1.82, 2.24) is 4.90 Å². The first-order valence-electron chi connectivity index (χ1n) is 9.24. The van der Waals surface area contributed by atoms with Gasteiger partial charge in [0.1, 0.15) is 13.1 Å². The summed E-state index contributed by atoms with van der Waals surface area (Å²) in [5, 5.41) is 0.943. The minimum atomic E-state index is 0. The molecule has 0 unspecified atom stereocenters. The molecule has 2 nitrogen and oxygen atoms in total. The van der Waals surface area contributed by atoms with Crippen LogP contribution in [-0.2, 0) is 0 Å². The first-order chi connectivity index (χ1) is 10.3. The van der Waals surface area contributed by atoms with E-state index in [4.69, 9.17) is 11.6 Å². The van der Waals surface area contributed by atoms with E-state index in [1.807, 2.05) is 0 Å². The number of amidine groups is 1. The predicted octanol–water partition coefficient (Wildman–Crippen LogP) is 2.24. The molecule has 0 aromatic heterocycles. The van der Waals surface area contributed by atoms with Crippen molar-refractivity contribution >= 4 is 16.9 Å². The van der Waals surface area contributed by atoms with Crippen LogP contribution in [0, 0.1) is 0 Å². The molecule has 0 amide bonds. The average molecular weight is 351 g/mol. The maximum absolute atomic E-state index is 6.24. The summed E-state index contributed by atoms with van der Waals surface area (Å²) in [7, 11) is 2.07. The molecule has 0 bridgehead atoms. The van der Waals surface area contributed by atoms with Crippen LogP contribution in [0.4, 0.5) is 0 Å². The van der Waals surface area contributed by atoms with Gasteiger partial charge in [-0.05, 0) is 12.8 Å². The standard InChI is InChI=1S/C18H36ClN2.ClH/c1-3-4-5-6-7-8-9-10-11-12-13-14-15-21-17-16-20(2)18(21)19;/h3-17H2,1-2H3;1H/q+1;/p-1. The summed E-state index contributed by atoms with van der Waals surface area (Å²) in [5.41, 5.74) is 0. The van der Waals surface area contributed by atoms with Crippen molar-refractivity contribution in [3.63, 3.8) is 0 Å². The molecule has 132 valence electrons. The van der Waals surface area contributed by atoms with Gasteiger partial charge in [0.05, 0.1) is 13.6 Å². The average Bonchev–Trinajstić information content (AvgIpc) is 2.80. The van der Waals surface area contributed by atoms with Crippen LogP contribution in [-0.4, -0.2) is 41.5 Å². The highest BCUT2D eigenvalue weighted by atomic mass is 35.5.